The van der Waals surface area contributed by atoms with Crippen molar-refractivity contribution in [2.24, 2.45) is 0 Å². The van der Waals surface area contributed by atoms with Gasteiger partial charge < -0.3 is 13.9 Å². The Kier molecular flexibility index (Phi) is 5.90. The van der Waals surface area contributed by atoms with Crippen LogP contribution >= 0.6 is 0 Å². The molecule has 7 nitrogen and oxygen atoms in total. The van der Waals surface area contributed by atoms with E-state index in [-0.39, 0.29) is 24.4 Å². The summed E-state index contributed by atoms with van der Waals surface area (Å²) in [7, 11) is 3.25. The fourth-order valence-corrected chi connectivity index (χ4v) is 4.45. The first-order valence-corrected chi connectivity index (χ1v) is 10.9. The zero-order valence-electron chi connectivity index (χ0n) is 18.9. The maximum atomic E-state index is 13.3. The maximum absolute atomic E-state index is 13.3. The molecule has 0 amide bonds. The average molecular weight is 461 g/mol. The summed E-state index contributed by atoms with van der Waals surface area (Å²) in [6, 6.07) is 19.7. The smallest absolute Gasteiger partial charge is 0.438 e. The van der Waals surface area contributed by atoms with E-state index in [9.17, 15) is 9.18 Å². The van der Waals surface area contributed by atoms with Gasteiger partial charge in [0.05, 0.1) is 20.3 Å². The molecule has 0 saturated heterocycles. The van der Waals surface area contributed by atoms with Crippen LogP contribution in [0.25, 0.3) is 11.5 Å². The fourth-order valence-electron chi connectivity index (χ4n) is 4.45. The summed E-state index contributed by atoms with van der Waals surface area (Å²) in [6.45, 7) is 0.935. The van der Waals surface area contributed by atoms with Gasteiger partial charge in [-0.25, -0.2) is 9.18 Å². The number of aromatic nitrogens is 2. The monoisotopic (exact) mass is 461 g/mol. The lowest BCUT2D eigenvalue weighted by Crippen LogP contribution is -2.39. The molecular formula is C26H24FN3O4. The van der Waals surface area contributed by atoms with E-state index in [1.807, 2.05) is 30.3 Å². The van der Waals surface area contributed by atoms with Crippen LogP contribution in [0.1, 0.15) is 22.7 Å². The normalized spacial score (nSPS) is 15.7. The second-order valence-corrected chi connectivity index (χ2v) is 8.10. The Morgan fingerprint density at radius 1 is 1.03 bits per heavy atom. The molecule has 2 heterocycles. The number of methoxy groups -OCH3 is 2. The Labute approximate surface area is 196 Å². The van der Waals surface area contributed by atoms with Crippen LogP contribution in [0.15, 0.2) is 75.9 Å². The molecule has 174 valence electrons. The first kappa shape index (κ1) is 21.9. The van der Waals surface area contributed by atoms with E-state index in [1.54, 1.807) is 14.2 Å². The Morgan fingerprint density at radius 2 is 1.74 bits per heavy atom. The van der Waals surface area contributed by atoms with Crippen molar-refractivity contribution in [3.8, 4) is 23.0 Å². The molecule has 1 aromatic heterocycles. The van der Waals surface area contributed by atoms with Gasteiger partial charge >= 0.3 is 5.76 Å². The molecule has 0 saturated carbocycles. The molecule has 0 unspecified atom stereocenters. The van der Waals surface area contributed by atoms with Gasteiger partial charge in [0.25, 0.3) is 0 Å². The zero-order valence-corrected chi connectivity index (χ0v) is 18.9. The number of hydrogen-bond donors (Lipinski definition) is 0. The van der Waals surface area contributed by atoms with E-state index in [4.69, 9.17) is 13.9 Å². The highest BCUT2D eigenvalue weighted by Gasteiger charge is 2.31. The quantitative estimate of drug-likeness (QED) is 0.427. The highest BCUT2D eigenvalue weighted by Crippen LogP contribution is 2.41. The van der Waals surface area contributed by atoms with Crippen molar-refractivity contribution in [1.82, 2.24) is 14.7 Å². The number of ether oxygens (including phenoxy) is 2. The van der Waals surface area contributed by atoms with Gasteiger partial charge in [-0.05, 0) is 59.5 Å². The summed E-state index contributed by atoms with van der Waals surface area (Å²) < 4.78 is 31.0. The van der Waals surface area contributed by atoms with Gasteiger partial charge in [-0.3, -0.25) is 4.90 Å². The maximum Gasteiger partial charge on any atom is 0.438 e. The van der Waals surface area contributed by atoms with Crippen molar-refractivity contribution >= 4 is 0 Å². The lowest BCUT2D eigenvalue weighted by atomic mass is 9.88. The Hall–Kier alpha value is -3.91. The number of hydrogen-bond acceptors (Lipinski definition) is 6. The third-order valence-corrected chi connectivity index (χ3v) is 6.10. The molecule has 1 aliphatic rings. The molecule has 0 fully saturated rings. The SMILES string of the molecule is COc1cc2c(cc1OC)[C@@H](c1ccccc1)N(Cn1nc(-c3ccc(F)cc3)oc1=O)CC2. The van der Waals surface area contributed by atoms with Gasteiger partial charge in [-0.2, -0.15) is 4.68 Å². The molecule has 0 spiro atoms. The number of benzene rings is 3. The van der Waals surface area contributed by atoms with E-state index in [0.717, 1.165) is 17.5 Å². The molecule has 5 rings (SSSR count). The summed E-state index contributed by atoms with van der Waals surface area (Å²) in [5, 5.41) is 4.38. The average Bonchev–Trinajstić information content (AvgIpc) is 3.23. The van der Waals surface area contributed by atoms with Gasteiger partial charge in [-0.15, -0.1) is 5.10 Å². The first-order chi connectivity index (χ1) is 16.6. The van der Waals surface area contributed by atoms with Crippen molar-refractivity contribution in [2.45, 2.75) is 19.1 Å². The van der Waals surface area contributed by atoms with Crippen molar-refractivity contribution in [1.29, 1.82) is 0 Å². The van der Waals surface area contributed by atoms with Gasteiger partial charge in [0.15, 0.2) is 11.5 Å². The van der Waals surface area contributed by atoms with Crippen LogP contribution in [-0.2, 0) is 13.1 Å². The van der Waals surface area contributed by atoms with Crippen LogP contribution < -0.4 is 15.2 Å². The predicted molar refractivity (Wildman–Crippen MR) is 124 cm³/mol. The van der Waals surface area contributed by atoms with Gasteiger partial charge in [0.1, 0.15) is 12.5 Å². The third kappa shape index (κ3) is 4.08. The van der Waals surface area contributed by atoms with Crippen molar-refractivity contribution < 1.29 is 18.3 Å². The standard InChI is InChI=1S/C26H24FN3O4/c1-32-22-14-19-12-13-29(24(17-6-4-3-5-7-17)21(19)15-23(22)33-2)16-30-26(31)34-25(28-30)18-8-10-20(27)11-9-18/h3-11,14-15,24H,12-13,16H2,1-2H3/t24-/m1/s1. The van der Waals surface area contributed by atoms with Crippen LogP contribution in [0.5, 0.6) is 11.5 Å². The van der Waals surface area contributed by atoms with Gasteiger partial charge in [-0.1, -0.05) is 30.3 Å². The van der Waals surface area contributed by atoms with Crippen LogP contribution in [0.3, 0.4) is 0 Å². The zero-order chi connectivity index (χ0) is 23.7. The lowest BCUT2D eigenvalue weighted by molar-refractivity contribution is 0.151. The Morgan fingerprint density at radius 3 is 2.44 bits per heavy atom. The topological polar surface area (TPSA) is 69.7 Å². The Bertz CT molecular complexity index is 1350. The second-order valence-electron chi connectivity index (χ2n) is 8.10. The fraction of sp³-hybridized carbons (Fsp3) is 0.231. The predicted octanol–water partition coefficient (Wildman–Crippen LogP) is 4.26. The van der Waals surface area contributed by atoms with Crippen LogP contribution in [0.2, 0.25) is 0 Å². The van der Waals surface area contributed by atoms with Crippen LogP contribution in [-0.4, -0.2) is 35.4 Å². The molecule has 4 aromatic rings. The number of nitrogens with zero attached hydrogens (tertiary/aromatic N) is 3. The number of fused-ring (bicyclic) bond motifs is 1. The molecule has 0 N–H and O–H groups in total. The second kappa shape index (κ2) is 9.15. The van der Waals surface area contributed by atoms with E-state index in [0.29, 0.717) is 23.6 Å². The summed E-state index contributed by atoms with van der Waals surface area (Å²) >= 11 is 0. The minimum atomic E-state index is -0.566. The molecular weight excluding hydrogens is 437 g/mol. The minimum absolute atomic E-state index is 0.123. The van der Waals surface area contributed by atoms with Gasteiger partial charge in [0, 0.05) is 12.1 Å². The summed E-state index contributed by atoms with van der Waals surface area (Å²) in [4.78, 5) is 14.8. The molecule has 1 atom stereocenters. The number of halogens is 1. The van der Waals surface area contributed by atoms with Crippen LogP contribution in [0, 0.1) is 5.82 Å². The molecule has 3 aromatic carbocycles. The number of rotatable bonds is 6. The molecule has 8 heteroatoms. The summed E-state index contributed by atoms with van der Waals surface area (Å²) in [5.41, 5.74) is 3.89. The highest BCUT2D eigenvalue weighted by atomic mass is 19.1. The Balaban J connectivity index is 1.53. The molecule has 1 aliphatic heterocycles. The van der Waals surface area contributed by atoms with E-state index >= 15 is 0 Å². The van der Waals surface area contributed by atoms with Crippen molar-refractivity contribution in [3.05, 3.63) is 99.8 Å². The lowest BCUT2D eigenvalue weighted by Gasteiger charge is -2.37. The van der Waals surface area contributed by atoms with Crippen molar-refractivity contribution in [3.63, 3.8) is 0 Å². The largest absolute Gasteiger partial charge is 0.493 e. The highest BCUT2D eigenvalue weighted by molar-refractivity contribution is 5.52. The molecule has 0 aliphatic carbocycles. The first-order valence-electron chi connectivity index (χ1n) is 10.9. The van der Waals surface area contributed by atoms with Crippen molar-refractivity contribution in [2.75, 3.05) is 20.8 Å². The summed E-state index contributed by atoms with van der Waals surface area (Å²) in [6.07, 6.45) is 0.774. The third-order valence-electron chi connectivity index (χ3n) is 6.10. The molecule has 0 radical (unpaired) electrons. The van der Waals surface area contributed by atoms with Crippen LogP contribution in [0.4, 0.5) is 4.39 Å². The van der Waals surface area contributed by atoms with E-state index in [2.05, 4.69) is 22.1 Å². The van der Waals surface area contributed by atoms with E-state index in [1.165, 1.54) is 34.5 Å². The van der Waals surface area contributed by atoms with E-state index < -0.39 is 5.76 Å². The van der Waals surface area contributed by atoms with Gasteiger partial charge in [0.2, 0.25) is 5.89 Å². The molecule has 0 bridgehead atoms. The minimum Gasteiger partial charge on any atom is -0.493 e. The molecule has 34 heavy (non-hydrogen) atoms. The summed E-state index contributed by atoms with van der Waals surface area (Å²) in [5.74, 6) is 0.573.